The number of aryl methyl sites for hydroxylation is 3. The number of sulfonamides is 1. The van der Waals surface area contributed by atoms with Gasteiger partial charge in [0.1, 0.15) is 17.2 Å². The number of carbonyl (C=O) groups excluding carboxylic acids is 1. The van der Waals surface area contributed by atoms with Crippen molar-refractivity contribution in [3.8, 4) is 5.75 Å². The predicted molar refractivity (Wildman–Crippen MR) is 100 cm³/mol. The first-order valence-corrected chi connectivity index (χ1v) is 9.45. The number of hydrogen-bond donors (Lipinski definition) is 0. The van der Waals surface area contributed by atoms with E-state index in [4.69, 9.17) is 9.47 Å². The highest BCUT2D eigenvalue weighted by molar-refractivity contribution is 7.93. The second-order valence-electron chi connectivity index (χ2n) is 6.09. The van der Waals surface area contributed by atoms with Crippen LogP contribution in [-0.2, 0) is 19.6 Å². The summed E-state index contributed by atoms with van der Waals surface area (Å²) in [4.78, 5) is 11.9. The Morgan fingerprint density at radius 3 is 2.12 bits per heavy atom. The van der Waals surface area contributed by atoms with Crippen LogP contribution >= 0.6 is 0 Å². The van der Waals surface area contributed by atoms with E-state index in [9.17, 15) is 13.2 Å². The van der Waals surface area contributed by atoms with Crippen LogP contribution in [0.3, 0.4) is 0 Å². The molecule has 7 heteroatoms. The fourth-order valence-electron chi connectivity index (χ4n) is 2.70. The lowest BCUT2D eigenvalue weighted by Crippen LogP contribution is -2.36. The molecule has 2 aromatic carbocycles. The predicted octanol–water partition coefficient (Wildman–Crippen LogP) is 2.99. The van der Waals surface area contributed by atoms with E-state index in [2.05, 4.69) is 0 Å². The maximum Gasteiger partial charge on any atom is 0.326 e. The zero-order valence-corrected chi connectivity index (χ0v) is 16.4. The molecule has 0 unspecified atom stereocenters. The zero-order valence-electron chi connectivity index (χ0n) is 15.6. The van der Waals surface area contributed by atoms with Gasteiger partial charge in [-0.3, -0.25) is 9.10 Å². The number of methoxy groups -OCH3 is 2. The van der Waals surface area contributed by atoms with Gasteiger partial charge in [0.25, 0.3) is 10.0 Å². The van der Waals surface area contributed by atoms with Crippen LogP contribution in [0.25, 0.3) is 0 Å². The Labute approximate surface area is 154 Å². The molecule has 2 rings (SSSR count). The molecule has 0 aromatic heterocycles. The summed E-state index contributed by atoms with van der Waals surface area (Å²) in [5.74, 6) is -0.436. The standard InChI is InChI=1S/C19H23NO5S/c1-13-6-7-17(24-4)18(11-13)26(22,23)20(12-19(21)25-5)16-9-14(2)8-15(3)10-16/h6-11H,12H2,1-5H3. The van der Waals surface area contributed by atoms with E-state index in [-0.39, 0.29) is 10.6 Å². The van der Waals surface area contributed by atoms with E-state index >= 15 is 0 Å². The fraction of sp³-hybridized carbons (Fsp3) is 0.316. The molecule has 140 valence electrons. The van der Waals surface area contributed by atoms with Crippen molar-refractivity contribution in [2.75, 3.05) is 25.1 Å². The lowest BCUT2D eigenvalue weighted by molar-refractivity contribution is -0.138. The zero-order chi connectivity index (χ0) is 19.5. The summed E-state index contributed by atoms with van der Waals surface area (Å²) in [5, 5.41) is 0. The van der Waals surface area contributed by atoms with E-state index in [0.717, 1.165) is 21.0 Å². The van der Waals surface area contributed by atoms with Gasteiger partial charge in [0.15, 0.2) is 0 Å². The second-order valence-corrected chi connectivity index (χ2v) is 7.92. The maximum absolute atomic E-state index is 13.4. The highest BCUT2D eigenvalue weighted by Gasteiger charge is 2.30. The molecule has 0 aliphatic carbocycles. The Bertz CT molecular complexity index is 901. The molecular weight excluding hydrogens is 354 g/mol. The largest absolute Gasteiger partial charge is 0.495 e. The number of ether oxygens (including phenoxy) is 2. The van der Waals surface area contributed by atoms with Crippen molar-refractivity contribution in [2.45, 2.75) is 25.7 Å². The highest BCUT2D eigenvalue weighted by Crippen LogP contribution is 2.31. The molecule has 0 saturated heterocycles. The molecule has 0 aliphatic rings. The van der Waals surface area contributed by atoms with Gasteiger partial charge >= 0.3 is 5.97 Å². The van der Waals surface area contributed by atoms with Crippen LogP contribution in [0.2, 0.25) is 0 Å². The molecule has 0 radical (unpaired) electrons. The van der Waals surface area contributed by atoms with Crippen molar-refractivity contribution < 1.29 is 22.7 Å². The molecule has 0 heterocycles. The van der Waals surface area contributed by atoms with Crippen LogP contribution in [0, 0.1) is 20.8 Å². The van der Waals surface area contributed by atoms with Crippen LogP contribution in [0.1, 0.15) is 16.7 Å². The number of hydrogen-bond acceptors (Lipinski definition) is 5. The molecule has 0 spiro atoms. The molecule has 26 heavy (non-hydrogen) atoms. The van der Waals surface area contributed by atoms with Gasteiger partial charge in [0.2, 0.25) is 0 Å². The summed E-state index contributed by atoms with van der Waals surface area (Å²) < 4.78 is 37.7. The smallest absolute Gasteiger partial charge is 0.326 e. The molecule has 0 aliphatic heterocycles. The van der Waals surface area contributed by atoms with Gasteiger partial charge in [-0.1, -0.05) is 12.1 Å². The Balaban J connectivity index is 2.67. The molecule has 0 saturated carbocycles. The third-order valence-corrected chi connectivity index (χ3v) is 5.68. The van der Waals surface area contributed by atoms with E-state index in [1.807, 2.05) is 19.9 Å². The van der Waals surface area contributed by atoms with Gasteiger partial charge in [-0.05, 0) is 61.7 Å². The molecular formula is C19H23NO5S. The number of rotatable bonds is 6. The lowest BCUT2D eigenvalue weighted by atomic mass is 10.1. The number of carbonyl (C=O) groups is 1. The first-order valence-electron chi connectivity index (χ1n) is 8.01. The monoisotopic (exact) mass is 377 g/mol. The topological polar surface area (TPSA) is 72.9 Å². The van der Waals surface area contributed by atoms with Gasteiger partial charge in [0, 0.05) is 0 Å². The van der Waals surface area contributed by atoms with E-state index in [1.54, 1.807) is 31.2 Å². The summed E-state index contributed by atoms with van der Waals surface area (Å²) in [5.41, 5.74) is 2.95. The number of benzene rings is 2. The van der Waals surface area contributed by atoms with Crippen molar-refractivity contribution in [1.29, 1.82) is 0 Å². The Morgan fingerprint density at radius 2 is 1.58 bits per heavy atom. The molecule has 0 fully saturated rings. The Kier molecular flexibility index (Phi) is 5.92. The third-order valence-electron chi connectivity index (χ3n) is 3.88. The summed E-state index contributed by atoms with van der Waals surface area (Å²) in [6.07, 6.45) is 0. The van der Waals surface area contributed by atoms with Crippen molar-refractivity contribution in [3.63, 3.8) is 0 Å². The SMILES string of the molecule is COC(=O)CN(c1cc(C)cc(C)c1)S(=O)(=O)c1cc(C)ccc1OC. The van der Waals surface area contributed by atoms with Gasteiger partial charge < -0.3 is 9.47 Å². The summed E-state index contributed by atoms with van der Waals surface area (Å²) >= 11 is 0. The molecule has 0 atom stereocenters. The minimum absolute atomic E-state index is 0.00284. The number of nitrogens with zero attached hydrogens (tertiary/aromatic N) is 1. The molecule has 2 aromatic rings. The first kappa shape index (κ1) is 19.8. The van der Waals surface area contributed by atoms with Crippen molar-refractivity contribution in [3.05, 3.63) is 53.1 Å². The number of esters is 1. The fourth-order valence-corrected chi connectivity index (χ4v) is 4.33. The van der Waals surface area contributed by atoms with Crippen molar-refractivity contribution >= 4 is 21.7 Å². The highest BCUT2D eigenvalue weighted by atomic mass is 32.2. The van der Waals surface area contributed by atoms with Crippen LogP contribution in [0.5, 0.6) is 5.75 Å². The van der Waals surface area contributed by atoms with Gasteiger partial charge in [-0.25, -0.2) is 8.42 Å². The summed E-state index contributed by atoms with van der Waals surface area (Å²) in [7, 11) is -1.42. The van der Waals surface area contributed by atoms with Crippen LogP contribution in [0.4, 0.5) is 5.69 Å². The van der Waals surface area contributed by atoms with Gasteiger partial charge in [-0.2, -0.15) is 0 Å². The minimum atomic E-state index is -4.05. The third kappa shape index (κ3) is 4.16. The van der Waals surface area contributed by atoms with Crippen LogP contribution in [-0.4, -0.2) is 35.2 Å². The van der Waals surface area contributed by atoms with Gasteiger partial charge in [-0.15, -0.1) is 0 Å². The summed E-state index contributed by atoms with van der Waals surface area (Å²) in [6.45, 7) is 5.10. The minimum Gasteiger partial charge on any atom is -0.495 e. The average Bonchev–Trinajstić information content (AvgIpc) is 2.58. The van der Waals surface area contributed by atoms with Crippen LogP contribution in [0.15, 0.2) is 41.3 Å². The molecule has 0 N–H and O–H groups in total. The molecule has 6 nitrogen and oxygen atoms in total. The Morgan fingerprint density at radius 1 is 0.962 bits per heavy atom. The Hall–Kier alpha value is -2.54. The van der Waals surface area contributed by atoms with E-state index in [0.29, 0.717) is 5.69 Å². The number of anilines is 1. The second kappa shape index (κ2) is 7.78. The molecule has 0 amide bonds. The average molecular weight is 377 g/mol. The van der Waals surface area contributed by atoms with Gasteiger partial charge in [0.05, 0.1) is 19.9 Å². The van der Waals surface area contributed by atoms with Crippen molar-refractivity contribution in [1.82, 2.24) is 0 Å². The first-order chi connectivity index (χ1) is 12.2. The van der Waals surface area contributed by atoms with Crippen molar-refractivity contribution in [2.24, 2.45) is 0 Å². The normalized spacial score (nSPS) is 11.1. The summed E-state index contributed by atoms with van der Waals surface area (Å²) in [6, 6.07) is 10.3. The quantitative estimate of drug-likeness (QED) is 0.724. The van der Waals surface area contributed by atoms with E-state index < -0.39 is 22.5 Å². The van der Waals surface area contributed by atoms with Crippen LogP contribution < -0.4 is 9.04 Å². The maximum atomic E-state index is 13.4. The van der Waals surface area contributed by atoms with E-state index in [1.165, 1.54) is 20.3 Å². The molecule has 0 bridgehead atoms. The lowest BCUT2D eigenvalue weighted by Gasteiger charge is -2.25.